The van der Waals surface area contributed by atoms with E-state index in [1.54, 1.807) is 12.1 Å². The summed E-state index contributed by atoms with van der Waals surface area (Å²) >= 11 is 0. The molecule has 3 atom stereocenters. The van der Waals surface area contributed by atoms with Gasteiger partial charge in [-0.1, -0.05) is 25.1 Å². The highest BCUT2D eigenvalue weighted by atomic mass is 32.2. The molecule has 0 saturated heterocycles. The number of rotatable bonds is 2. The van der Waals surface area contributed by atoms with Crippen molar-refractivity contribution in [3.63, 3.8) is 0 Å². The summed E-state index contributed by atoms with van der Waals surface area (Å²) in [5.74, 6) is 1.22. The molecule has 2 aliphatic heterocycles. The number of sulfone groups is 1. The van der Waals surface area contributed by atoms with E-state index in [0.717, 1.165) is 18.4 Å². The molecule has 3 aliphatic rings. The molecule has 5 nitrogen and oxygen atoms in total. The average molecular weight is 382 g/mol. The molecule has 2 aromatic rings. The number of imidazole rings is 1. The lowest BCUT2D eigenvalue weighted by Gasteiger charge is -2.37. The molecule has 1 aliphatic carbocycles. The molecule has 0 amide bonds. The van der Waals surface area contributed by atoms with Gasteiger partial charge in [-0.2, -0.15) is 0 Å². The Morgan fingerprint density at radius 3 is 2.96 bits per heavy atom. The molecular weight excluding hydrogens is 360 g/mol. The number of nitrogens with zero attached hydrogens (tertiary/aromatic N) is 2. The smallest absolute Gasteiger partial charge is 0.175 e. The predicted octanol–water partition coefficient (Wildman–Crippen LogP) is 3.76. The summed E-state index contributed by atoms with van der Waals surface area (Å²) in [6.07, 6.45) is 11.8. The molecule has 6 heteroatoms. The highest BCUT2D eigenvalue weighted by Crippen LogP contribution is 2.50. The first kappa shape index (κ1) is 16.8. The zero-order valence-corrected chi connectivity index (χ0v) is 16.2. The summed E-state index contributed by atoms with van der Waals surface area (Å²) in [5, 5.41) is 0. The summed E-state index contributed by atoms with van der Waals surface area (Å²) in [5.41, 5.74) is 5.10. The Morgan fingerprint density at radius 2 is 2.15 bits per heavy atom. The molecule has 3 heterocycles. The van der Waals surface area contributed by atoms with Gasteiger partial charge in [-0.25, -0.2) is 13.4 Å². The van der Waals surface area contributed by atoms with Crippen LogP contribution in [0.2, 0.25) is 0 Å². The van der Waals surface area contributed by atoms with Crippen LogP contribution in [0.25, 0.3) is 5.57 Å². The quantitative estimate of drug-likeness (QED) is 0.793. The lowest BCUT2D eigenvalue weighted by Crippen LogP contribution is -2.32. The lowest BCUT2D eigenvalue weighted by atomic mass is 9.77. The molecule has 140 valence electrons. The van der Waals surface area contributed by atoms with Crippen LogP contribution in [0.4, 0.5) is 0 Å². The van der Waals surface area contributed by atoms with E-state index in [1.165, 1.54) is 23.1 Å². The third kappa shape index (κ3) is 2.50. The third-order valence-electron chi connectivity index (χ3n) is 6.18. The van der Waals surface area contributed by atoms with Crippen LogP contribution in [0.3, 0.4) is 0 Å². The molecule has 1 aromatic carbocycles. The van der Waals surface area contributed by atoms with Gasteiger partial charge in [0.1, 0.15) is 5.75 Å². The summed E-state index contributed by atoms with van der Waals surface area (Å²) in [6.45, 7) is 2.78. The average Bonchev–Trinajstić information content (AvgIpc) is 3.22. The fraction of sp³-hybridized carbons (Fsp3) is 0.381. The normalized spacial score (nSPS) is 26.4. The molecule has 1 aromatic heterocycles. The minimum absolute atomic E-state index is 0.215. The molecular formula is C21H22N2O3S. The van der Waals surface area contributed by atoms with Gasteiger partial charge in [0, 0.05) is 12.2 Å². The molecule has 0 fully saturated rings. The summed E-state index contributed by atoms with van der Waals surface area (Å²) in [7, 11) is -3.24. The van der Waals surface area contributed by atoms with Crippen molar-refractivity contribution in [3.8, 4) is 5.75 Å². The summed E-state index contributed by atoms with van der Waals surface area (Å²) in [6, 6.07) is 5.49. The number of allylic oxidation sites excluding steroid dienone is 4. The standard InChI is InChI=1S/C21H22N2O3S/c1-13-15-8-7-14(27(2,24)25)9-20(15)26-11-18(13)21-17-6-4-3-5-16(17)19-10-22-12-23(19)21/h4,6-10,12-13,18,21H,3,5,11H2,1-2H3/t13-,18-,21-/m1/s1. The second-order valence-corrected chi connectivity index (χ2v) is 9.76. The van der Waals surface area contributed by atoms with Gasteiger partial charge in [0.05, 0.1) is 35.8 Å². The largest absolute Gasteiger partial charge is 0.493 e. The Kier molecular flexibility index (Phi) is 3.63. The van der Waals surface area contributed by atoms with E-state index in [0.29, 0.717) is 17.3 Å². The van der Waals surface area contributed by atoms with Gasteiger partial charge >= 0.3 is 0 Å². The van der Waals surface area contributed by atoms with Gasteiger partial charge in [0.25, 0.3) is 0 Å². The van der Waals surface area contributed by atoms with Crippen LogP contribution in [-0.4, -0.2) is 30.8 Å². The van der Waals surface area contributed by atoms with E-state index >= 15 is 0 Å². The van der Waals surface area contributed by atoms with E-state index < -0.39 is 9.84 Å². The maximum absolute atomic E-state index is 11.9. The number of fused-ring (bicyclic) bond motifs is 3. The van der Waals surface area contributed by atoms with Crippen LogP contribution in [0.1, 0.15) is 43.0 Å². The monoisotopic (exact) mass is 382 g/mol. The fourth-order valence-corrected chi connectivity index (χ4v) is 5.39. The number of ether oxygens (including phenoxy) is 1. The van der Waals surface area contributed by atoms with Gasteiger partial charge in [-0.05, 0) is 47.6 Å². The zero-order valence-electron chi connectivity index (χ0n) is 15.4. The van der Waals surface area contributed by atoms with Crippen LogP contribution in [0.5, 0.6) is 5.75 Å². The summed E-state index contributed by atoms with van der Waals surface area (Å²) < 4.78 is 32.1. The molecule has 27 heavy (non-hydrogen) atoms. The SMILES string of the molecule is C[C@@H]1c2ccc(S(C)(=O)=O)cc2OC[C@H]1[C@H]1C2=C(CCC=C2)c2cncn21. The van der Waals surface area contributed by atoms with E-state index in [4.69, 9.17) is 4.74 Å². The Labute approximate surface area is 159 Å². The third-order valence-corrected chi connectivity index (χ3v) is 7.29. The molecule has 0 unspecified atom stereocenters. The van der Waals surface area contributed by atoms with Crippen molar-refractivity contribution in [1.82, 2.24) is 9.55 Å². The maximum atomic E-state index is 11.9. The van der Waals surface area contributed by atoms with Gasteiger partial charge in [-0.15, -0.1) is 0 Å². The lowest BCUT2D eigenvalue weighted by molar-refractivity contribution is 0.165. The van der Waals surface area contributed by atoms with E-state index in [9.17, 15) is 8.42 Å². The van der Waals surface area contributed by atoms with E-state index in [2.05, 4.69) is 28.6 Å². The van der Waals surface area contributed by atoms with Crippen molar-refractivity contribution in [3.05, 3.63) is 59.7 Å². The highest BCUT2D eigenvalue weighted by molar-refractivity contribution is 7.90. The first-order valence-corrected chi connectivity index (χ1v) is 11.2. The van der Waals surface area contributed by atoms with Crippen molar-refractivity contribution in [2.75, 3.05) is 12.9 Å². The van der Waals surface area contributed by atoms with E-state index in [1.807, 2.05) is 18.6 Å². The molecule has 0 radical (unpaired) electrons. The van der Waals surface area contributed by atoms with Crippen molar-refractivity contribution in [2.24, 2.45) is 5.92 Å². The molecule has 0 spiro atoms. The number of hydrogen-bond acceptors (Lipinski definition) is 4. The van der Waals surface area contributed by atoms with Crippen molar-refractivity contribution < 1.29 is 13.2 Å². The molecule has 0 N–H and O–H groups in total. The number of hydrogen-bond donors (Lipinski definition) is 0. The second-order valence-electron chi connectivity index (χ2n) is 7.74. The minimum atomic E-state index is -3.24. The first-order chi connectivity index (χ1) is 12.9. The Hall–Kier alpha value is -2.34. The van der Waals surface area contributed by atoms with Crippen LogP contribution in [-0.2, 0) is 9.84 Å². The number of aromatic nitrogens is 2. The fourth-order valence-electron chi connectivity index (χ4n) is 4.75. The van der Waals surface area contributed by atoms with Crippen molar-refractivity contribution in [2.45, 2.75) is 36.6 Å². The van der Waals surface area contributed by atoms with Gasteiger partial charge < -0.3 is 9.30 Å². The molecule has 0 saturated carbocycles. The Balaban J connectivity index is 1.55. The Bertz CT molecular complexity index is 1090. The van der Waals surface area contributed by atoms with Crippen molar-refractivity contribution >= 4 is 15.4 Å². The molecule has 5 rings (SSSR count). The summed E-state index contributed by atoms with van der Waals surface area (Å²) in [4.78, 5) is 4.70. The van der Waals surface area contributed by atoms with Crippen LogP contribution in [0.15, 0.2) is 53.3 Å². The zero-order chi connectivity index (χ0) is 18.8. The predicted molar refractivity (Wildman–Crippen MR) is 104 cm³/mol. The van der Waals surface area contributed by atoms with Gasteiger partial charge in [-0.3, -0.25) is 0 Å². The molecule has 0 bridgehead atoms. The Morgan fingerprint density at radius 1 is 1.30 bits per heavy atom. The van der Waals surface area contributed by atoms with Crippen molar-refractivity contribution in [1.29, 1.82) is 0 Å². The van der Waals surface area contributed by atoms with E-state index in [-0.39, 0.29) is 17.9 Å². The van der Waals surface area contributed by atoms with Gasteiger partial charge in [0.15, 0.2) is 9.84 Å². The minimum Gasteiger partial charge on any atom is -0.493 e. The second kappa shape index (κ2) is 5.83. The maximum Gasteiger partial charge on any atom is 0.175 e. The van der Waals surface area contributed by atoms with Gasteiger partial charge in [0.2, 0.25) is 0 Å². The highest BCUT2D eigenvalue weighted by Gasteiger charge is 2.41. The first-order valence-electron chi connectivity index (χ1n) is 9.34. The van der Waals surface area contributed by atoms with Crippen LogP contribution >= 0.6 is 0 Å². The number of benzene rings is 1. The van der Waals surface area contributed by atoms with Crippen LogP contribution < -0.4 is 4.74 Å². The van der Waals surface area contributed by atoms with Crippen LogP contribution in [0, 0.1) is 5.92 Å². The topological polar surface area (TPSA) is 61.2 Å².